The molecule has 0 radical (unpaired) electrons. The van der Waals surface area contributed by atoms with Gasteiger partial charge >= 0.3 is 0 Å². The Morgan fingerprint density at radius 1 is 0.613 bits per heavy atom. The van der Waals surface area contributed by atoms with Crippen LogP contribution in [0.2, 0.25) is 0 Å². The second-order valence-electron chi connectivity index (χ2n) is 30.4. The Labute approximate surface area is 547 Å². The molecule has 0 bridgehead atoms. The largest absolute Gasteiger partial charge is 0.494 e. The fraction of sp³-hybridized carbons (Fsp3) is 0.549. The number of rotatable bonds is 22. The average molecular weight is 1290 g/mol. The van der Waals surface area contributed by atoms with Crippen molar-refractivity contribution >= 4 is 44.9 Å². The van der Waals surface area contributed by atoms with Gasteiger partial charge in [-0.1, -0.05) is 111 Å². The van der Waals surface area contributed by atoms with Crippen molar-refractivity contribution in [2.45, 2.75) is 208 Å². The molecule has 6 aromatic rings. The van der Waals surface area contributed by atoms with Crippen molar-refractivity contribution in [3.8, 4) is 5.75 Å². The molecule has 0 saturated heterocycles. The Kier molecular flexibility index (Phi) is 19.5. The first kappa shape index (κ1) is 67.9. The lowest BCUT2D eigenvalue weighted by Crippen LogP contribution is -2.51. The van der Waals surface area contributed by atoms with Crippen LogP contribution in [0, 0.1) is 33.5 Å². The molecule has 22 heteroatoms. The highest BCUT2D eigenvalue weighted by atomic mass is 32.2. The number of carbonyl (C=O) groups excluding carboxylic acids is 4. The summed E-state index contributed by atoms with van der Waals surface area (Å²) in [5.74, 6) is 1.18. The molecule has 4 heterocycles. The number of aromatic amines is 2. The van der Waals surface area contributed by atoms with Gasteiger partial charge in [-0.25, -0.2) is 8.42 Å². The highest BCUT2D eigenvalue weighted by Gasteiger charge is 2.55. The molecule has 21 nitrogen and oxygen atoms in total. The fourth-order valence-electron chi connectivity index (χ4n) is 14.4. The third-order valence-corrected chi connectivity index (χ3v) is 20.9. The van der Waals surface area contributed by atoms with E-state index >= 15 is 9.59 Å². The number of H-pyrrole nitrogens is 2. The average Bonchev–Trinajstić information content (AvgIpc) is 1.61. The number of ether oxygens (including phenoxy) is 1. The minimum absolute atomic E-state index is 0.0320. The molecule has 93 heavy (non-hydrogen) atoms. The molecular weight excluding hydrogens is 1190 g/mol. The second-order valence-corrected chi connectivity index (χ2v) is 32.4. The van der Waals surface area contributed by atoms with Crippen LogP contribution in [0.15, 0.2) is 106 Å². The van der Waals surface area contributed by atoms with E-state index in [-0.39, 0.29) is 63.6 Å². The molecule has 2 atom stereocenters. The highest BCUT2D eigenvalue weighted by molar-refractivity contribution is 7.90. The van der Waals surface area contributed by atoms with Crippen LogP contribution in [-0.4, -0.2) is 119 Å². The van der Waals surface area contributed by atoms with Crippen LogP contribution >= 0.6 is 0 Å². The van der Waals surface area contributed by atoms with Crippen LogP contribution in [-0.2, 0) is 38.9 Å². The van der Waals surface area contributed by atoms with Crippen molar-refractivity contribution in [3.05, 3.63) is 142 Å². The van der Waals surface area contributed by atoms with Gasteiger partial charge in [0.1, 0.15) is 28.5 Å². The van der Waals surface area contributed by atoms with Crippen LogP contribution < -0.4 is 15.4 Å². The number of aliphatic imine (C=N–C) groups is 2. The van der Waals surface area contributed by atoms with Gasteiger partial charge in [0.2, 0.25) is 0 Å². The first-order chi connectivity index (χ1) is 43.8. The smallest absolute Gasteiger partial charge is 0.275 e. The van der Waals surface area contributed by atoms with Crippen molar-refractivity contribution < 1.29 is 32.3 Å². The topological polar surface area (TPSA) is 276 Å². The second kappa shape index (κ2) is 26.8. The Bertz CT molecular complexity index is 3810. The van der Waals surface area contributed by atoms with E-state index in [1.54, 1.807) is 36.4 Å². The lowest BCUT2D eigenvalue weighted by Gasteiger charge is -2.48. The van der Waals surface area contributed by atoms with Gasteiger partial charge in [-0.3, -0.25) is 29.2 Å². The number of tetrazole rings is 2. The molecule has 2 unspecified atom stereocenters. The quantitative estimate of drug-likeness (QED) is 0.0493. The number of hydrogen-bond donors (Lipinski definition) is 4. The maximum Gasteiger partial charge on any atom is 0.275 e. The van der Waals surface area contributed by atoms with Gasteiger partial charge in [0.15, 0.2) is 21.5 Å². The van der Waals surface area contributed by atoms with E-state index in [9.17, 15) is 18.0 Å². The number of nitrogens with one attached hydrogen (secondary N) is 4. The van der Waals surface area contributed by atoms with E-state index in [0.29, 0.717) is 115 Å². The SMILES string of the molecule is CCOc1ccc(C2=NC3(CCC(C(C)(C)C)CC3)N(C(CCC(C)(C)Cc3cc(C4=NC5(CCC(C(C)(C)C)CC5)N(C(CCC(C)(C)C)c5ccc(C(=O)NCc6nn[nH]n6)cc5)C4=O)cc(S(C)(=O)=O)c3)c3ccc(C(=O)NCc4nn[nH]n4)cc3)C2=O)cc1. The summed E-state index contributed by atoms with van der Waals surface area (Å²) >= 11 is 0. The first-order valence-electron chi connectivity index (χ1n) is 33.0. The van der Waals surface area contributed by atoms with Gasteiger partial charge in [0, 0.05) is 28.5 Å². The number of aromatic nitrogens is 8. The molecule has 2 spiro atoms. The number of amides is 4. The van der Waals surface area contributed by atoms with Gasteiger partial charge in [0.05, 0.1) is 36.7 Å². The maximum absolute atomic E-state index is 16.0. The lowest BCUT2D eigenvalue weighted by atomic mass is 9.69. The monoisotopic (exact) mass is 1290 g/mol. The summed E-state index contributed by atoms with van der Waals surface area (Å²) in [6.07, 6.45) is 10.1. The molecule has 10 rings (SSSR count). The molecule has 4 N–H and O–H groups in total. The number of benzene rings is 4. The van der Waals surface area contributed by atoms with Gasteiger partial charge in [-0.15, -0.1) is 20.4 Å². The van der Waals surface area contributed by atoms with E-state index in [0.717, 1.165) is 48.8 Å². The summed E-state index contributed by atoms with van der Waals surface area (Å²) in [7, 11) is -3.83. The summed E-state index contributed by atoms with van der Waals surface area (Å²) in [4.78, 5) is 73.9. The van der Waals surface area contributed by atoms with Gasteiger partial charge in [0.25, 0.3) is 23.6 Å². The van der Waals surface area contributed by atoms with Gasteiger partial charge in [-0.05, 0) is 207 Å². The lowest BCUT2D eigenvalue weighted by molar-refractivity contribution is -0.134. The van der Waals surface area contributed by atoms with Crippen molar-refractivity contribution in [1.82, 2.24) is 61.7 Å². The fourth-order valence-corrected chi connectivity index (χ4v) is 15.1. The van der Waals surface area contributed by atoms with Crippen molar-refractivity contribution in [3.63, 3.8) is 0 Å². The van der Waals surface area contributed by atoms with E-state index in [1.165, 1.54) is 6.26 Å². The molecule has 2 aromatic heterocycles. The van der Waals surface area contributed by atoms with Gasteiger partial charge in [-0.2, -0.15) is 10.4 Å². The molecule has 2 aliphatic heterocycles. The summed E-state index contributed by atoms with van der Waals surface area (Å²) in [6, 6.07) is 26.9. The minimum Gasteiger partial charge on any atom is -0.494 e. The zero-order valence-corrected chi connectivity index (χ0v) is 57.3. The molecule has 4 aliphatic rings. The molecule has 4 aromatic carbocycles. The molecule has 4 amide bonds. The predicted molar refractivity (Wildman–Crippen MR) is 357 cm³/mol. The van der Waals surface area contributed by atoms with Crippen LogP contribution in [0.25, 0.3) is 0 Å². The maximum atomic E-state index is 16.0. The number of hydrogen-bond acceptors (Lipinski definition) is 15. The van der Waals surface area contributed by atoms with E-state index in [2.05, 4.69) is 128 Å². The first-order valence-corrected chi connectivity index (χ1v) is 34.9. The molecule has 2 aliphatic carbocycles. The Balaban J connectivity index is 0.993. The van der Waals surface area contributed by atoms with E-state index in [1.807, 2.05) is 71.3 Å². The summed E-state index contributed by atoms with van der Waals surface area (Å²) in [5, 5.41) is 33.6. The van der Waals surface area contributed by atoms with Crippen LogP contribution in [0.5, 0.6) is 5.75 Å². The third-order valence-electron chi connectivity index (χ3n) is 19.8. The van der Waals surface area contributed by atoms with E-state index < -0.39 is 38.7 Å². The molecular formula is C71H94N14O7S. The molecule has 496 valence electrons. The van der Waals surface area contributed by atoms with Gasteiger partial charge < -0.3 is 25.2 Å². The zero-order chi connectivity index (χ0) is 66.9. The number of nitrogens with zero attached hydrogens (tertiary/aromatic N) is 10. The molecule has 2 saturated carbocycles. The number of sulfone groups is 1. The summed E-state index contributed by atoms with van der Waals surface area (Å²) in [6.45, 7) is 27.2. The molecule has 2 fully saturated rings. The highest BCUT2D eigenvalue weighted by Crippen LogP contribution is 2.53. The third kappa shape index (κ3) is 15.6. The Hall–Kier alpha value is -8.01. The van der Waals surface area contributed by atoms with Crippen molar-refractivity contribution in [2.24, 2.45) is 43.5 Å². The normalized spacial score (nSPS) is 21.3. The predicted octanol–water partition coefficient (Wildman–Crippen LogP) is 11.9. The Morgan fingerprint density at radius 3 is 1.45 bits per heavy atom. The van der Waals surface area contributed by atoms with Crippen LogP contribution in [0.1, 0.15) is 232 Å². The van der Waals surface area contributed by atoms with E-state index in [4.69, 9.17) is 14.7 Å². The van der Waals surface area contributed by atoms with Crippen molar-refractivity contribution in [2.75, 3.05) is 12.9 Å². The zero-order valence-electron chi connectivity index (χ0n) is 56.5. The van der Waals surface area contributed by atoms with Crippen LogP contribution in [0.3, 0.4) is 0 Å². The number of carbonyl (C=O) groups is 4. The van der Waals surface area contributed by atoms with Crippen LogP contribution in [0.4, 0.5) is 0 Å². The van der Waals surface area contributed by atoms with Crippen molar-refractivity contribution in [1.29, 1.82) is 0 Å². The Morgan fingerprint density at radius 2 is 1.05 bits per heavy atom. The summed E-state index contributed by atoms with van der Waals surface area (Å²) in [5.41, 5.74) is 2.83. The minimum atomic E-state index is -3.83. The summed E-state index contributed by atoms with van der Waals surface area (Å²) < 4.78 is 33.8. The standard InChI is InChI=1S/C71H94N14O7S/c1-14-92-54-25-23-48(24-26-54)60-64(88)85(70(74-60)35-27-52(28-36-70)67(5,6)7)57(47-17-21-50(22-18-47)63(87)73-44-59-78-82-83-79-59)32-34-69(11,12)42-45-39-51(41-55(40-45)93(13,90)91)61-65(89)84(71(75-61)37-29-53(30-38-71)68(8,9)10)56(31-33-66(2,3)4)46-15-19-49(20-16-46)62(86)72-43-58-76-80-81-77-58/h15-26,39-41,52-53,56-57H,14,27-38,42-44H2,1-13H3,(H,72,86)(H,73,87)(H,76,77,80,81)(H,78,79,82,83).